The zero-order chi connectivity index (χ0) is 15.1. The molecule has 0 heterocycles. The van der Waals surface area contributed by atoms with E-state index in [9.17, 15) is 9.18 Å². The molecule has 1 amide bonds. The third-order valence-corrected chi connectivity index (χ3v) is 2.82. The second-order valence-electron chi connectivity index (χ2n) is 4.44. The summed E-state index contributed by atoms with van der Waals surface area (Å²) in [5, 5.41) is 2.70. The van der Waals surface area contributed by atoms with Gasteiger partial charge in [0, 0.05) is 12.1 Å². The van der Waals surface area contributed by atoms with Gasteiger partial charge in [-0.25, -0.2) is 4.39 Å². The highest BCUT2D eigenvalue weighted by Gasteiger charge is 2.05. The van der Waals surface area contributed by atoms with E-state index < -0.39 is 0 Å². The lowest BCUT2D eigenvalue weighted by Gasteiger charge is -2.08. The molecule has 0 unspecified atom stereocenters. The molecule has 0 aromatic heterocycles. The molecule has 0 atom stereocenters. The first-order chi connectivity index (χ1) is 10.2. The molecule has 0 saturated heterocycles. The first kappa shape index (κ1) is 14.8. The monoisotopic (exact) mass is 285 g/mol. The fourth-order valence-electron chi connectivity index (χ4n) is 1.74. The number of rotatable bonds is 6. The van der Waals surface area contributed by atoms with Gasteiger partial charge in [0.25, 0.3) is 5.91 Å². The summed E-state index contributed by atoms with van der Waals surface area (Å²) in [6.07, 6.45) is 1.62. The summed E-state index contributed by atoms with van der Waals surface area (Å²) in [6.45, 7) is 4.28. The van der Waals surface area contributed by atoms with Crippen LogP contribution in [0.5, 0.6) is 5.75 Å². The molecule has 2 rings (SSSR count). The van der Waals surface area contributed by atoms with E-state index in [4.69, 9.17) is 4.74 Å². The fourth-order valence-corrected chi connectivity index (χ4v) is 1.74. The van der Waals surface area contributed by atoms with Gasteiger partial charge in [-0.3, -0.25) is 4.79 Å². The Bertz CT molecular complexity index is 623. The van der Waals surface area contributed by atoms with Gasteiger partial charge in [0.15, 0.2) is 0 Å². The van der Waals surface area contributed by atoms with Crippen molar-refractivity contribution in [2.45, 2.75) is 6.61 Å². The van der Waals surface area contributed by atoms with Gasteiger partial charge in [-0.1, -0.05) is 24.3 Å². The molecular weight excluding hydrogens is 269 g/mol. The highest BCUT2D eigenvalue weighted by atomic mass is 19.1. The summed E-state index contributed by atoms with van der Waals surface area (Å²) in [4.78, 5) is 11.8. The van der Waals surface area contributed by atoms with Crippen molar-refractivity contribution in [2.24, 2.45) is 0 Å². The minimum atomic E-state index is -0.278. The van der Waals surface area contributed by atoms with Crippen molar-refractivity contribution >= 4 is 5.91 Å². The first-order valence-electron chi connectivity index (χ1n) is 6.55. The van der Waals surface area contributed by atoms with Crippen LogP contribution in [0.1, 0.15) is 15.9 Å². The van der Waals surface area contributed by atoms with Gasteiger partial charge in [0.2, 0.25) is 0 Å². The van der Waals surface area contributed by atoms with Crippen molar-refractivity contribution in [3.63, 3.8) is 0 Å². The SMILES string of the molecule is C=CCNC(=O)c1cccc(OCc2ccc(F)cc2)c1. The van der Waals surface area contributed by atoms with E-state index in [-0.39, 0.29) is 11.7 Å². The Morgan fingerprint density at radius 2 is 2.00 bits per heavy atom. The number of nitrogens with one attached hydrogen (secondary N) is 1. The number of hydrogen-bond donors (Lipinski definition) is 1. The predicted molar refractivity (Wildman–Crippen MR) is 79.7 cm³/mol. The van der Waals surface area contributed by atoms with Crippen molar-refractivity contribution in [1.29, 1.82) is 0 Å². The highest BCUT2D eigenvalue weighted by molar-refractivity contribution is 5.94. The molecule has 2 aromatic carbocycles. The van der Waals surface area contributed by atoms with Gasteiger partial charge < -0.3 is 10.1 Å². The maximum Gasteiger partial charge on any atom is 0.251 e. The van der Waals surface area contributed by atoms with E-state index in [0.29, 0.717) is 24.5 Å². The molecule has 108 valence electrons. The Morgan fingerprint density at radius 3 is 2.71 bits per heavy atom. The summed E-state index contributed by atoms with van der Waals surface area (Å²) < 4.78 is 18.4. The molecule has 3 nitrogen and oxygen atoms in total. The largest absolute Gasteiger partial charge is 0.489 e. The Morgan fingerprint density at radius 1 is 1.24 bits per heavy atom. The third-order valence-electron chi connectivity index (χ3n) is 2.82. The zero-order valence-corrected chi connectivity index (χ0v) is 11.5. The van der Waals surface area contributed by atoms with Gasteiger partial charge in [0.05, 0.1) is 0 Å². The summed E-state index contributed by atoms with van der Waals surface area (Å²) in [7, 11) is 0. The standard InChI is InChI=1S/C17H16FNO2/c1-2-10-19-17(20)14-4-3-5-16(11-14)21-12-13-6-8-15(18)9-7-13/h2-9,11H,1,10,12H2,(H,19,20). The van der Waals surface area contributed by atoms with Crippen LogP contribution in [0.3, 0.4) is 0 Å². The second-order valence-corrected chi connectivity index (χ2v) is 4.44. The number of benzene rings is 2. The smallest absolute Gasteiger partial charge is 0.251 e. The fraction of sp³-hybridized carbons (Fsp3) is 0.118. The molecule has 0 aliphatic carbocycles. The number of amides is 1. The predicted octanol–water partition coefficient (Wildman–Crippen LogP) is 3.32. The maximum atomic E-state index is 12.8. The molecule has 2 aromatic rings. The minimum absolute atomic E-state index is 0.179. The summed E-state index contributed by atoms with van der Waals surface area (Å²) >= 11 is 0. The molecule has 0 saturated carbocycles. The van der Waals surface area contributed by atoms with Crippen molar-refractivity contribution < 1.29 is 13.9 Å². The molecule has 0 spiro atoms. The number of carbonyl (C=O) groups is 1. The lowest BCUT2D eigenvalue weighted by Crippen LogP contribution is -2.23. The van der Waals surface area contributed by atoms with E-state index >= 15 is 0 Å². The molecule has 4 heteroatoms. The average Bonchev–Trinajstić information content (AvgIpc) is 2.52. The lowest BCUT2D eigenvalue weighted by molar-refractivity contribution is 0.0957. The topological polar surface area (TPSA) is 38.3 Å². The van der Waals surface area contributed by atoms with Crippen molar-refractivity contribution in [3.05, 3.63) is 78.1 Å². The van der Waals surface area contributed by atoms with E-state index in [1.807, 2.05) is 0 Å². The molecule has 0 aliphatic rings. The Labute approximate surface area is 123 Å². The molecule has 0 aliphatic heterocycles. The zero-order valence-electron chi connectivity index (χ0n) is 11.5. The number of carbonyl (C=O) groups excluding carboxylic acids is 1. The van der Waals surface area contributed by atoms with Crippen LogP contribution < -0.4 is 10.1 Å². The molecular formula is C17H16FNO2. The van der Waals surface area contributed by atoms with Crippen LogP contribution in [0.25, 0.3) is 0 Å². The van der Waals surface area contributed by atoms with Crippen LogP contribution in [0.15, 0.2) is 61.2 Å². The van der Waals surface area contributed by atoms with Crippen LogP contribution >= 0.6 is 0 Å². The van der Waals surface area contributed by atoms with Crippen molar-refractivity contribution in [1.82, 2.24) is 5.32 Å². The Kier molecular flexibility index (Phi) is 5.10. The van der Waals surface area contributed by atoms with Gasteiger partial charge in [-0.15, -0.1) is 6.58 Å². The van der Waals surface area contributed by atoms with Gasteiger partial charge >= 0.3 is 0 Å². The van der Waals surface area contributed by atoms with Crippen LogP contribution in [-0.4, -0.2) is 12.5 Å². The first-order valence-corrected chi connectivity index (χ1v) is 6.55. The molecule has 21 heavy (non-hydrogen) atoms. The van der Waals surface area contributed by atoms with Gasteiger partial charge in [-0.2, -0.15) is 0 Å². The molecule has 0 radical (unpaired) electrons. The number of ether oxygens (including phenoxy) is 1. The van der Waals surface area contributed by atoms with E-state index in [1.54, 1.807) is 42.5 Å². The lowest BCUT2D eigenvalue weighted by atomic mass is 10.2. The van der Waals surface area contributed by atoms with Crippen LogP contribution in [0.4, 0.5) is 4.39 Å². The molecule has 1 N–H and O–H groups in total. The van der Waals surface area contributed by atoms with Crippen molar-refractivity contribution in [3.8, 4) is 5.75 Å². The Hall–Kier alpha value is -2.62. The second kappa shape index (κ2) is 7.24. The van der Waals surface area contributed by atoms with Gasteiger partial charge in [-0.05, 0) is 35.9 Å². The average molecular weight is 285 g/mol. The maximum absolute atomic E-state index is 12.8. The van der Waals surface area contributed by atoms with Crippen LogP contribution in [-0.2, 0) is 6.61 Å². The van der Waals surface area contributed by atoms with E-state index in [2.05, 4.69) is 11.9 Å². The van der Waals surface area contributed by atoms with Crippen LogP contribution in [0, 0.1) is 5.82 Å². The van der Waals surface area contributed by atoms with Gasteiger partial charge in [0.1, 0.15) is 18.2 Å². The van der Waals surface area contributed by atoms with Crippen LogP contribution in [0.2, 0.25) is 0 Å². The third kappa shape index (κ3) is 4.45. The molecule has 0 fully saturated rings. The number of halogens is 1. The Balaban J connectivity index is 1.99. The molecule has 0 bridgehead atoms. The minimum Gasteiger partial charge on any atom is -0.489 e. The number of hydrogen-bond acceptors (Lipinski definition) is 2. The van der Waals surface area contributed by atoms with E-state index in [1.165, 1.54) is 12.1 Å². The summed E-state index contributed by atoms with van der Waals surface area (Å²) in [5.41, 5.74) is 1.38. The summed E-state index contributed by atoms with van der Waals surface area (Å²) in [6, 6.07) is 13.0. The normalized spacial score (nSPS) is 9.95. The van der Waals surface area contributed by atoms with E-state index in [0.717, 1.165) is 5.56 Å². The quantitative estimate of drug-likeness (QED) is 0.827. The van der Waals surface area contributed by atoms with Crippen molar-refractivity contribution in [2.75, 3.05) is 6.54 Å². The highest BCUT2D eigenvalue weighted by Crippen LogP contribution is 2.15. The summed E-state index contributed by atoms with van der Waals surface area (Å²) in [5.74, 6) is 0.132.